The summed E-state index contributed by atoms with van der Waals surface area (Å²) in [5.74, 6) is 1.41. The van der Waals surface area contributed by atoms with E-state index >= 15 is 0 Å². The van der Waals surface area contributed by atoms with Crippen LogP contribution in [0.4, 0.5) is 0 Å². The molecule has 12 heavy (non-hydrogen) atoms. The van der Waals surface area contributed by atoms with Crippen LogP contribution in [0.2, 0.25) is 0 Å². The third-order valence-electron chi connectivity index (χ3n) is 2.16. The minimum absolute atomic E-state index is 0.302. The predicted octanol–water partition coefficient (Wildman–Crippen LogP) is 1.14. The third kappa shape index (κ3) is 3.37. The molecule has 0 spiro atoms. The van der Waals surface area contributed by atoms with E-state index in [-0.39, 0.29) is 0 Å². The summed E-state index contributed by atoms with van der Waals surface area (Å²) < 4.78 is 0. The Morgan fingerprint density at radius 2 is 2.25 bits per heavy atom. The molecule has 0 saturated heterocycles. The van der Waals surface area contributed by atoms with Gasteiger partial charge in [-0.15, -0.1) is 0 Å². The number of hydrogen-bond donors (Lipinski definition) is 2. The highest BCUT2D eigenvalue weighted by atomic mass is 14.9. The molecule has 1 rings (SSSR count). The van der Waals surface area contributed by atoms with Crippen LogP contribution < -0.4 is 11.1 Å². The van der Waals surface area contributed by atoms with E-state index < -0.39 is 0 Å². The van der Waals surface area contributed by atoms with Gasteiger partial charge in [-0.2, -0.15) is 0 Å². The SMILES string of the molecule is CC(C)CNCC1C=CC(N)C1. The first kappa shape index (κ1) is 9.75. The van der Waals surface area contributed by atoms with Gasteiger partial charge in [0.05, 0.1) is 0 Å². The molecule has 3 N–H and O–H groups in total. The zero-order chi connectivity index (χ0) is 8.97. The smallest absolute Gasteiger partial charge is 0.0229 e. The molecule has 1 aliphatic carbocycles. The van der Waals surface area contributed by atoms with Crippen molar-refractivity contribution in [3.63, 3.8) is 0 Å². The maximum atomic E-state index is 5.74. The van der Waals surface area contributed by atoms with Gasteiger partial charge in [-0.1, -0.05) is 26.0 Å². The van der Waals surface area contributed by atoms with Gasteiger partial charge >= 0.3 is 0 Å². The highest BCUT2D eigenvalue weighted by molar-refractivity contribution is 5.04. The van der Waals surface area contributed by atoms with Gasteiger partial charge in [0.1, 0.15) is 0 Å². The Hall–Kier alpha value is -0.340. The normalized spacial score (nSPS) is 28.7. The predicted molar refractivity (Wildman–Crippen MR) is 52.9 cm³/mol. The zero-order valence-corrected chi connectivity index (χ0v) is 8.09. The molecule has 0 amide bonds. The topological polar surface area (TPSA) is 38.0 Å². The van der Waals surface area contributed by atoms with Gasteiger partial charge in [-0.25, -0.2) is 0 Å². The third-order valence-corrected chi connectivity index (χ3v) is 2.16. The summed E-state index contributed by atoms with van der Waals surface area (Å²) in [5, 5.41) is 3.44. The average molecular weight is 168 g/mol. The maximum Gasteiger partial charge on any atom is 0.0229 e. The molecule has 0 fully saturated rings. The van der Waals surface area contributed by atoms with Crippen LogP contribution in [0.3, 0.4) is 0 Å². The zero-order valence-electron chi connectivity index (χ0n) is 8.09. The highest BCUT2D eigenvalue weighted by Crippen LogP contribution is 2.14. The summed E-state index contributed by atoms with van der Waals surface area (Å²) >= 11 is 0. The van der Waals surface area contributed by atoms with Crippen molar-refractivity contribution in [1.29, 1.82) is 0 Å². The van der Waals surface area contributed by atoms with Gasteiger partial charge in [0.25, 0.3) is 0 Å². The van der Waals surface area contributed by atoms with Gasteiger partial charge in [-0.3, -0.25) is 0 Å². The lowest BCUT2D eigenvalue weighted by Crippen LogP contribution is -2.26. The first-order valence-electron chi connectivity index (χ1n) is 4.83. The molecule has 2 unspecified atom stereocenters. The van der Waals surface area contributed by atoms with Crippen molar-refractivity contribution in [1.82, 2.24) is 5.32 Å². The minimum Gasteiger partial charge on any atom is -0.324 e. The Bertz CT molecular complexity index is 152. The Labute approximate surface area is 75.2 Å². The fraction of sp³-hybridized carbons (Fsp3) is 0.800. The lowest BCUT2D eigenvalue weighted by atomic mass is 10.1. The van der Waals surface area contributed by atoms with Gasteiger partial charge in [0.15, 0.2) is 0 Å². The average Bonchev–Trinajstić information content (AvgIpc) is 2.35. The van der Waals surface area contributed by atoms with E-state index in [9.17, 15) is 0 Å². The Morgan fingerprint density at radius 3 is 2.75 bits per heavy atom. The van der Waals surface area contributed by atoms with Crippen molar-refractivity contribution in [2.45, 2.75) is 26.3 Å². The quantitative estimate of drug-likeness (QED) is 0.618. The molecule has 70 valence electrons. The summed E-state index contributed by atoms with van der Waals surface area (Å²) in [6.07, 6.45) is 5.46. The molecule has 0 aliphatic heterocycles. The number of nitrogens with two attached hydrogens (primary N) is 1. The van der Waals surface area contributed by atoms with Crippen LogP contribution in [-0.4, -0.2) is 19.1 Å². The number of nitrogens with one attached hydrogen (secondary N) is 1. The molecular weight excluding hydrogens is 148 g/mol. The van der Waals surface area contributed by atoms with E-state index in [1.807, 2.05) is 0 Å². The number of hydrogen-bond acceptors (Lipinski definition) is 2. The van der Waals surface area contributed by atoms with Gasteiger partial charge in [0.2, 0.25) is 0 Å². The second-order valence-corrected chi connectivity index (χ2v) is 4.10. The van der Waals surface area contributed by atoms with E-state index in [0.717, 1.165) is 25.4 Å². The first-order chi connectivity index (χ1) is 5.68. The van der Waals surface area contributed by atoms with Crippen molar-refractivity contribution < 1.29 is 0 Å². The molecule has 1 aliphatic rings. The van der Waals surface area contributed by atoms with Crippen LogP contribution in [-0.2, 0) is 0 Å². The summed E-state index contributed by atoms with van der Waals surface area (Å²) in [6.45, 7) is 6.65. The van der Waals surface area contributed by atoms with Crippen molar-refractivity contribution in [3.05, 3.63) is 12.2 Å². The fourth-order valence-corrected chi connectivity index (χ4v) is 1.52. The van der Waals surface area contributed by atoms with Crippen LogP contribution >= 0.6 is 0 Å². The summed E-state index contributed by atoms with van der Waals surface area (Å²) in [4.78, 5) is 0. The highest BCUT2D eigenvalue weighted by Gasteiger charge is 2.14. The molecule has 0 aromatic carbocycles. The summed E-state index contributed by atoms with van der Waals surface area (Å²) in [7, 11) is 0. The molecule has 0 aromatic heterocycles. The lowest BCUT2D eigenvalue weighted by molar-refractivity contribution is 0.487. The maximum absolute atomic E-state index is 5.74. The second kappa shape index (κ2) is 4.63. The number of rotatable bonds is 4. The van der Waals surface area contributed by atoms with E-state index in [1.54, 1.807) is 0 Å². The van der Waals surface area contributed by atoms with Crippen molar-refractivity contribution >= 4 is 0 Å². The second-order valence-electron chi connectivity index (χ2n) is 4.10. The molecule has 0 radical (unpaired) electrons. The molecule has 0 heterocycles. The van der Waals surface area contributed by atoms with Gasteiger partial charge in [-0.05, 0) is 24.8 Å². The molecule has 0 bridgehead atoms. The van der Waals surface area contributed by atoms with Crippen LogP contribution in [0.5, 0.6) is 0 Å². The first-order valence-corrected chi connectivity index (χ1v) is 4.83. The van der Waals surface area contributed by atoms with Crippen LogP contribution in [0.15, 0.2) is 12.2 Å². The van der Waals surface area contributed by atoms with Crippen LogP contribution in [0.1, 0.15) is 20.3 Å². The van der Waals surface area contributed by atoms with Crippen molar-refractivity contribution in [2.75, 3.05) is 13.1 Å². The van der Waals surface area contributed by atoms with Crippen molar-refractivity contribution in [2.24, 2.45) is 17.6 Å². The Kier molecular flexibility index (Phi) is 3.76. The van der Waals surface area contributed by atoms with E-state index in [1.165, 1.54) is 0 Å². The summed E-state index contributed by atoms with van der Waals surface area (Å²) in [6, 6.07) is 0.302. The Balaban J connectivity index is 2.05. The largest absolute Gasteiger partial charge is 0.324 e. The van der Waals surface area contributed by atoms with Crippen molar-refractivity contribution in [3.8, 4) is 0 Å². The fourth-order valence-electron chi connectivity index (χ4n) is 1.52. The molecule has 0 aromatic rings. The Morgan fingerprint density at radius 1 is 1.50 bits per heavy atom. The van der Waals surface area contributed by atoms with E-state index in [4.69, 9.17) is 5.73 Å². The van der Waals surface area contributed by atoms with Gasteiger partial charge < -0.3 is 11.1 Å². The molecule has 2 nitrogen and oxygen atoms in total. The molecule has 0 saturated carbocycles. The van der Waals surface area contributed by atoms with E-state index in [2.05, 4.69) is 31.3 Å². The lowest BCUT2D eigenvalue weighted by Gasteiger charge is -2.11. The molecular formula is C10H20N2. The van der Waals surface area contributed by atoms with Gasteiger partial charge in [0, 0.05) is 12.6 Å². The van der Waals surface area contributed by atoms with E-state index in [0.29, 0.717) is 12.0 Å². The standard InChI is InChI=1S/C10H20N2/c1-8(2)6-12-7-9-3-4-10(11)5-9/h3-4,8-10,12H,5-7,11H2,1-2H3. The molecule has 2 heteroatoms. The monoisotopic (exact) mass is 168 g/mol. The molecule has 2 atom stereocenters. The summed E-state index contributed by atoms with van der Waals surface area (Å²) in [5.41, 5.74) is 5.74. The van der Waals surface area contributed by atoms with Crippen LogP contribution in [0.25, 0.3) is 0 Å². The minimum atomic E-state index is 0.302. The van der Waals surface area contributed by atoms with Crippen LogP contribution in [0, 0.1) is 11.8 Å².